The van der Waals surface area contributed by atoms with Crippen molar-refractivity contribution < 1.29 is 24.5 Å². The quantitative estimate of drug-likeness (QED) is 0.462. The van der Waals surface area contributed by atoms with Crippen LogP contribution in [0.2, 0.25) is 0 Å². The van der Waals surface area contributed by atoms with Crippen LogP contribution in [0.5, 0.6) is 11.5 Å². The standard InChI is InChI=1S/C25H25NO5/c27-21-11-6-18(7-12-21)10-15-24(29)26-23(16-19-8-13-22(28)14-9-19)25(30)31-17-20-4-2-1-3-5-20/h1-9,11-14,23,27-28H,10,15-17H2,(H,26,29). The van der Waals surface area contributed by atoms with E-state index >= 15 is 0 Å². The number of ether oxygens (including phenoxy) is 1. The molecule has 0 aromatic heterocycles. The molecule has 0 aliphatic rings. The number of hydrogen-bond donors (Lipinski definition) is 3. The Hall–Kier alpha value is -3.80. The zero-order valence-electron chi connectivity index (χ0n) is 17.0. The molecule has 6 nitrogen and oxygen atoms in total. The molecule has 0 fully saturated rings. The smallest absolute Gasteiger partial charge is 0.329 e. The lowest BCUT2D eigenvalue weighted by atomic mass is 10.0. The SMILES string of the molecule is O=C(CCc1ccc(O)cc1)NC(Cc1ccc(O)cc1)C(=O)OCc1ccccc1. The van der Waals surface area contributed by atoms with Crippen molar-refractivity contribution in [3.05, 3.63) is 95.6 Å². The first kappa shape index (κ1) is 21.9. The molecule has 1 unspecified atom stereocenters. The van der Waals surface area contributed by atoms with E-state index in [-0.39, 0.29) is 36.9 Å². The predicted octanol–water partition coefficient (Wildman–Crippen LogP) is 3.50. The van der Waals surface area contributed by atoms with Crippen molar-refractivity contribution in [3.8, 4) is 11.5 Å². The first-order valence-electron chi connectivity index (χ1n) is 10.1. The molecule has 0 aliphatic carbocycles. The second-order valence-corrected chi connectivity index (χ2v) is 7.25. The van der Waals surface area contributed by atoms with Gasteiger partial charge in [0.05, 0.1) is 0 Å². The van der Waals surface area contributed by atoms with Gasteiger partial charge in [-0.15, -0.1) is 0 Å². The maximum Gasteiger partial charge on any atom is 0.329 e. The first-order valence-corrected chi connectivity index (χ1v) is 10.1. The van der Waals surface area contributed by atoms with Gasteiger partial charge in [0, 0.05) is 12.8 Å². The van der Waals surface area contributed by atoms with Gasteiger partial charge in [-0.1, -0.05) is 54.6 Å². The van der Waals surface area contributed by atoms with Crippen molar-refractivity contribution in [2.24, 2.45) is 0 Å². The van der Waals surface area contributed by atoms with Crippen LogP contribution in [-0.2, 0) is 33.8 Å². The summed E-state index contributed by atoms with van der Waals surface area (Å²) in [5.41, 5.74) is 2.56. The molecule has 0 bridgehead atoms. The number of benzene rings is 3. The Kier molecular flexibility index (Phi) is 7.65. The number of phenols is 2. The van der Waals surface area contributed by atoms with Gasteiger partial charge in [-0.25, -0.2) is 4.79 Å². The molecule has 0 saturated heterocycles. The van der Waals surface area contributed by atoms with Crippen LogP contribution in [0.3, 0.4) is 0 Å². The summed E-state index contributed by atoms with van der Waals surface area (Å²) >= 11 is 0. The summed E-state index contributed by atoms with van der Waals surface area (Å²) in [6.45, 7) is 0.120. The topological polar surface area (TPSA) is 95.9 Å². The van der Waals surface area contributed by atoms with E-state index in [2.05, 4.69) is 5.32 Å². The molecule has 1 amide bonds. The van der Waals surface area contributed by atoms with Crippen LogP contribution < -0.4 is 5.32 Å². The Labute approximate surface area is 181 Å². The lowest BCUT2D eigenvalue weighted by Gasteiger charge is -2.18. The first-order chi connectivity index (χ1) is 15.0. The highest BCUT2D eigenvalue weighted by molar-refractivity contribution is 5.84. The average Bonchev–Trinajstić information content (AvgIpc) is 2.79. The Bertz CT molecular complexity index is 985. The minimum Gasteiger partial charge on any atom is -0.508 e. The Morgan fingerprint density at radius 1 is 0.774 bits per heavy atom. The minimum absolute atomic E-state index is 0.120. The third-order valence-corrected chi connectivity index (χ3v) is 4.80. The summed E-state index contributed by atoms with van der Waals surface area (Å²) in [6.07, 6.45) is 0.929. The van der Waals surface area contributed by atoms with Gasteiger partial charge in [0.1, 0.15) is 24.1 Å². The maximum absolute atomic E-state index is 12.7. The van der Waals surface area contributed by atoms with E-state index < -0.39 is 12.0 Å². The van der Waals surface area contributed by atoms with Crippen molar-refractivity contribution in [3.63, 3.8) is 0 Å². The molecule has 0 heterocycles. The molecule has 0 spiro atoms. The van der Waals surface area contributed by atoms with Crippen LogP contribution in [0.25, 0.3) is 0 Å². The number of nitrogens with one attached hydrogen (secondary N) is 1. The van der Waals surface area contributed by atoms with E-state index in [4.69, 9.17) is 4.74 Å². The summed E-state index contributed by atoms with van der Waals surface area (Å²) in [6, 6.07) is 21.6. The lowest BCUT2D eigenvalue weighted by Crippen LogP contribution is -2.43. The van der Waals surface area contributed by atoms with Crippen LogP contribution in [0.1, 0.15) is 23.1 Å². The van der Waals surface area contributed by atoms with E-state index in [0.717, 1.165) is 16.7 Å². The molecule has 3 aromatic rings. The fraction of sp³-hybridized carbons (Fsp3) is 0.200. The van der Waals surface area contributed by atoms with Crippen molar-refractivity contribution in [1.82, 2.24) is 5.32 Å². The van der Waals surface area contributed by atoms with E-state index in [1.165, 1.54) is 12.1 Å². The van der Waals surface area contributed by atoms with Crippen LogP contribution in [0, 0.1) is 0 Å². The summed E-state index contributed by atoms with van der Waals surface area (Å²) in [5, 5.41) is 21.6. The van der Waals surface area contributed by atoms with Crippen molar-refractivity contribution in [2.45, 2.75) is 31.9 Å². The summed E-state index contributed by atoms with van der Waals surface area (Å²) in [4.78, 5) is 25.2. The van der Waals surface area contributed by atoms with Crippen molar-refractivity contribution in [2.75, 3.05) is 0 Å². The second kappa shape index (κ2) is 10.8. The Morgan fingerprint density at radius 3 is 1.97 bits per heavy atom. The molecular weight excluding hydrogens is 394 g/mol. The predicted molar refractivity (Wildman–Crippen MR) is 116 cm³/mol. The number of carbonyl (C=O) groups is 2. The Morgan fingerprint density at radius 2 is 1.35 bits per heavy atom. The summed E-state index contributed by atoms with van der Waals surface area (Å²) < 4.78 is 5.43. The highest BCUT2D eigenvalue weighted by Crippen LogP contribution is 2.14. The molecule has 31 heavy (non-hydrogen) atoms. The summed E-state index contributed by atoms with van der Waals surface area (Å²) in [7, 11) is 0. The maximum atomic E-state index is 12.7. The number of aromatic hydroxyl groups is 2. The van der Waals surface area contributed by atoms with Crippen molar-refractivity contribution >= 4 is 11.9 Å². The number of phenolic OH excluding ortho intramolecular Hbond substituents is 2. The highest BCUT2D eigenvalue weighted by Gasteiger charge is 2.23. The highest BCUT2D eigenvalue weighted by atomic mass is 16.5. The zero-order valence-corrected chi connectivity index (χ0v) is 17.0. The van der Waals surface area contributed by atoms with Crippen LogP contribution in [0.4, 0.5) is 0 Å². The van der Waals surface area contributed by atoms with Gasteiger partial charge in [0.15, 0.2) is 0 Å². The molecule has 6 heteroatoms. The molecule has 160 valence electrons. The number of aryl methyl sites for hydroxylation is 1. The molecule has 1 atom stereocenters. The van der Waals surface area contributed by atoms with E-state index in [0.29, 0.717) is 6.42 Å². The second-order valence-electron chi connectivity index (χ2n) is 7.25. The fourth-order valence-electron chi connectivity index (χ4n) is 3.08. The number of carbonyl (C=O) groups excluding carboxylic acids is 2. The number of hydrogen-bond acceptors (Lipinski definition) is 5. The molecule has 3 N–H and O–H groups in total. The molecular formula is C25H25NO5. The van der Waals surface area contributed by atoms with Gasteiger partial charge in [0.25, 0.3) is 0 Å². The van der Waals surface area contributed by atoms with Gasteiger partial charge in [-0.05, 0) is 47.4 Å². The van der Waals surface area contributed by atoms with E-state index in [1.54, 1.807) is 36.4 Å². The number of esters is 1. The number of rotatable bonds is 9. The van der Waals surface area contributed by atoms with Crippen LogP contribution >= 0.6 is 0 Å². The minimum atomic E-state index is -0.847. The summed E-state index contributed by atoms with van der Waals surface area (Å²) in [5.74, 6) is -0.489. The van der Waals surface area contributed by atoms with E-state index in [1.807, 2.05) is 30.3 Å². The molecule has 3 rings (SSSR count). The number of amides is 1. The van der Waals surface area contributed by atoms with Crippen LogP contribution in [-0.4, -0.2) is 28.1 Å². The monoisotopic (exact) mass is 419 g/mol. The van der Waals surface area contributed by atoms with Gasteiger partial charge in [-0.2, -0.15) is 0 Å². The Balaban J connectivity index is 1.62. The zero-order chi connectivity index (χ0) is 22.1. The van der Waals surface area contributed by atoms with Gasteiger partial charge < -0.3 is 20.3 Å². The van der Waals surface area contributed by atoms with E-state index in [9.17, 15) is 19.8 Å². The fourth-order valence-corrected chi connectivity index (χ4v) is 3.08. The van der Waals surface area contributed by atoms with Gasteiger partial charge in [0.2, 0.25) is 5.91 Å². The van der Waals surface area contributed by atoms with Crippen LogP contribution in [0.15, 0.2) is 78.9 Å². The lowest BCUT2D eigenvalue weighted by molar-refractivity contribution is -0.149. The van der Waals surface area contributed by atoms with Gasteiger partial charge >= 0.3 is 5.97 Å². The molecule has 0 radical (unpaired) electrons. The largest absolute Gasteiger partial charge is 0.508 e. The molecule has 0 aliphatic heterocycles. The third-order valence-electron chi connectivity index (χ3n) is 4.80. The normalized spacial score (nSPS) is 11.5. The molecule has 3 aromatic carbocycles. The molecule has 0 saturated carbocycles. The third kappa shape index (κ3) is 7.19. The average molecular weight is 419 g/mol. The van der Waals surface area contributed by atoms with Gasteiger partial charge in [-0.3, -0.25) is 4.79 Å². The van der Waals surface area contributed by atoms with Crippen molar-refractivity contribution in [1.29, 1.82) is 0 Å².